The molecular formula is C34H40N2O9. The molecule has 240 valence electrons. The lowest BCUT2D eigenvalue weighted by Gasteiger charge is -2.35. The van der Waals surface area contributed by atoms with E-state index in [2.05, 4.69) is 5.32 Å². The van der Waals surface area contributed by atoms with Crippen LogP contribution in [0.15, 0.2) is 74.3 Å². The van der Waals surface area contributed by atoms with Gasteiger partial charge in [0.2, 0.25) is 5.91 Å². The zero-order valence-corrected chi connectivity index (χ0v) is 25.6. The van der Waals surface area contributed by atoms with Crippen molar-refractivity contribution >= 4 is 18.0 Å². The van der Waals surface area contributed by atoms with Crippen LogP contribution >= 0.6 is 0 Å². The third-order valence-corrected chi connectivity index (χ3v) is 8.58. The van der Waals surface area contributed by atoms with Crippen molar-refractivity contribution in [3.8, 4) is 0 Å². The first-order valence-electron chi connectivity index (χ1n) is 15.5. The highest BCUT2D eigenvalue weighted by Gasteiger charge is 2.47. The van der Waals surface area contributed by atoms with Gasteiger partial charge in [-0.3, -0.25) is 14.9 Å². The van der Waals surface area contributed by atoms with E-state index in [1.54, 1.807) is 18.7 Å². The molecule has 0 spiro atoms. The highest BCUT2D eigenvalue weighted by atomic mass is 16.7. The first-order chi connectivity index (χ1) is 21.8. The summed E-state index contributed by atoms with van der Waals surface area (Å²) >= 11 is 0. The lowest BCUT2D eigenvalue weighted by Crippen LogP contribution is -2.55. The number of nitrogens with zero attached hydrogens (tertiary/aromatic N) is 1. The molecule has 0 radical (unpaired) electrons. The fourth-order valence-corrected chi connectivity index (χ4v) is 6.25. The van der Waals surface area contributed by atoms with Crippen molar-refractivity contribution in [3.63, 3.8) is 0 Å². The van der Waals surface area contributed by atoms with E-state index in [0.29, 0.717) is 19.3 Å². The molecule has 2 fully saturated rings. The van der Waals surface area contributed by atoms with Gasteiger partial charge in [0, 0.05) is 12.5 Å². The number of aryl methyl sites for hydroxylation is 2. The van der Waals surface area contributed by atoms with Gasteiger partial charge in [-0.15, -0.1) is 0 Å². The molecule has 1 N–H and O–H groups in total. The largest absolute Gasteiger partial charge is 0.519 e. The second-order valence-electron chi connectivity index (χ2n) is 11.7. The van der Waals surface area contributed by atoms with Crippen LogP contribution in [0.5, 0.6) is 0 Å². The minimum absolute atomic E-state index is 0.0656. The van der Waals surface area contributed by atoms with E-state index < -0.39 is 36.3 Å². The number of esters is 1. The van der Waals surface area contributed by atoms with Gasteiger partial charge in [-0.1, -0.05) is 73.5 Å². The number of benzene rings is 2. The smallest absolute Gasteiger partial charge is 0.456 e. The topological polar surface area (TPSA) is 138 Å². The maximum atomic E-state index is 14.0. The molecule has 5 rings (SSSR count). The summed E-state index contributed by atoms with van der Waals surface area (Å²) in [7, 11) is 0. The predicted molar refractivity (Wildman–Crippen MR) is 162 cm³/mol. The van der Waals surface area contributed by atoms with E-state index in [0.717, 1.165) is 36.8 Å². The van der Waals surface area contributed by atoms with Crippen molar-refractivity contribution in [2.45, 2.75) is 96.4 Å². The Morgan fingerprint density at radius 3 is 2.31 bits per heavy atom. The monoisotopic (exact) mass is 620 g/mol. The number of hydrogen-bond acceptors (Lipinski definition) is 10. The summed E-state index contributed by atoms with van der Waals surface area (Å²) in [6.45, 7) is 3.03. The summed E-state index contributed by atoms with van der Waals surface area (Å²) in [6, 6.07) is 17.3. The van der Waals surface area contributed by atoms with E-state index in [-0.39, 0.29) is 42.6 Å². The van der Waals surface area contributed by atoms with Crippen molar-refractivity contribution in [3.05, 3.63) is 93.9 Å². The molecule has 1 aliphatic heterocycles. The van der Waals surface area contributed by atoms with Crippen LogP contribution in [-0.4, -0.2) is 47.3 Å². The van der Waals surface area contributed by atoms with Crippen LogP contribution in [0.25, 0.3) is 0 Å². The molecule has 11 heteroatoms. The molecule has 0 bridgehead atoms. The number of nitrogens with one attached hydrogen (secondary N) is 1. The molecule has 1 amide bonds. The van der Waals surface area contributed by atoms with Crippen LogP contribution in [0.1, 0.15) is 68.1 Å². The fourth-order valence-electron chi connectivity index (χ4n) is 6.25. The Labute approximate surface area is 261 Å². The average Bonchev–Trinajstić information content (AvgIpc) is 3.58. The molecule has 0 unspecified atom stereocenters. The third-order valence-electron chi connectivity index (χ3n) is 8.58. The molecule has 1 saturated carbocycles. The molecule has 2 aromatic carbocycles. The number of rotatable bonds is 12. The number of carbonyl (C=O) groups excluding carboxylic acids is 3. The van der Waals surface area contributed by atoms with Gasteiger partial charge in [0.25, 0.3) is 0 Å². The van der Waals surface area contributed by atoms with Crippen LogP contribution < -0.4 is 11.1 Å². The minimum Gasteiger partial charge on any atom is -0.456 e. The molecular weight excluding hydrogens is 580 g/mol. The van der Waals surface area contributed by atoms with Crippen molar-refractivity contribution < 1.29 is 37.4 Å². The summed E-state index contributed by atoms with van der Waals surface area (Å²) in [5, 5.41) is 3.18. The Kier molecular flexibility index (Phi) is 10.7. The summed E-state index contributed by atoms with van der Waals surface area (Å²) in [6.07, 6.45) is 3.67. The van der Waals surface area contributed by atoms with Crippen LogP contribution in [0.3, 0.4) is 0 Å². The molecule has 2 aliphatic rings. The van der Waals surface area contributed by atoms with Gasteiger partial charge in [-0.2, -0.15) is 0 Å². The van der Waals surface area contributed by atoms with Gasteiger partial charge in [-0.05, 0) is 56.6 Å². The Morgan fingerprint density at radius 2 is 1.62 bits per heavy atom. The minimum atomic E-state index is -0.871. The molecule has 1 aliphatic carbocycles. The van der Waals surface area contributed by atoms with Crippen molar-refractivity contribution in [1.29, 1.82) is 0 Å². The molecule has 2 heterocycles. The summed E-state index contributed by atoms with van der Waals surface area (Å²) in [4.78, 5) is 53.2. The number of ether oxygens (including phenoxy) is 3. The van der Waals surface area contributed by atoms with E-state index in [1.165, 1.54) is 0 Å². The van der Waals surface area contributed by atoms with Gasteiger partial charge in [0.15, 0.2) is 24.4 Å². The van der Waals surface area contributed by atoms with Gasteiger partial charge >= 0.3 is 17.9 Å². The molecule has 1 saturated heterocycles. The number of amides is 1. The lowest BCUT2D eigenvalue weighted by molar-refractivity contribution is -0.150. The maximum absolute atomic E-state index is 14.0. The molecule has 1 aromatic heterocycles. The van der Waals surface area contributed by atoms with Gasteiger partial charge in [-0.25, -0.2) is 9.59 Å². The Bertz CT molecular complexity index is 1490. The van der Waals surface area contributed by atoms with Gasteiger partial charge in [0.05, 0.1) is 6.04 Å². The van der Waals surface area contributed by atoms with Crippen LogP contribution in [0, 0.1) is 12.8 Å². The van der Waals surface area contributed by atoms with E-state index in [9.17, 15) is 19.2 Å². The quantitative estimate of drug-likeness (QED) is 0.274. The standard InChI is InChI=1S/C34H40N2O9/c1-22(35-27(18-17-24-11-5-3-6-12-24)32(38)41-21-29-23(2)43-34(40)44-29)31(37)36-28-16-10-9-15-26(28)19-30(36)45-33(39)42-20-25-13-7-4-8-14-25/h3-8,11-14,22,26-28,30,35H,9-10,15-21H2,1-2H3/t22-,26+,27-,28-,30-/m0/s1. The Morgan fingerprint density at radius 1 is 0.933 bits per heavy atom. The van der Waals surface area contributed by atoms with Crippen LogP contribution in [0.4, 0.5) is 4.79 Å². The molecule has 3 aromatic rings. The van der Waals surface area contributed by atoms with E-state index in [4.69, 9.17) is 23.0 Å². The second kappa shape index (κ2) is 15.1. The molecule has 45 heavy (non-hydrogen) atoms. The summed E-state index contributed by atoms with van der Waals surface area (Å²) in [5.41, 5.74) is 1.86. The summed E-state index contributed by atoms with van der Waals surface area (Å²) in [5.74, 6) is -1.16. The van der Waals surface area contributed by atoms with Crippen molar-refractivity contribution in [2.24, 2.45) is 5.92 Å². The zero-order chi connectivity index (χ0) is 31.8. The van der Waals surface area contributed by atoms with Gasteiger partial charge < -0.3 is 27.9 Å². The highest BCUT2D eigenvalue weighted by molar-refractivity contribution is 5.84. The SMILES string of the molecule is Cc1oc(=O)oc1COC(=O)[C@H](CCc1ccccc1)N[C@@H](C)C(=O)N1[C@@H](OC(=O)OCc2ccccc2)C[C@H]2CCCC[C@@H]21. The van der Waals surface area contributed by atoms with E-state index in [1.807, 2.05) is 60.7 Å². The maximum Gasteiger partial charge on any atom is 0.519 e. The van der Waals surface area contributed by atoms with Crippen molar-refractivity contribution in [2.75, 3.05) is 0 Å². The van der Waals surface area contributed by atoms with Gasteiger partial charge in [0.1, 0.15) is 12.6 Å². The Hall–Kier alpha value is -4.38. The van der Waals surface area contributed by atoms with E-state index >= 15 is 0 Å². The summed E-state index contributed by atoms with van der Waals surface area (Å²) < 4.78 is 26.4. The zero-order valence-electron chi connectivity index (χ0n) is 25.6. The fraction of sp³-hybridized carbons (Fsp3) is 0.471. The van der Waals surface area contributed by atoms with Crippen LogP contribution in [0.2, 0.25) is 0 Å². The van der Waals surface area contributed by atoms with Crippen LogP contribution in [-0.2, 0) is 43.4 Å². The average molecular weight is 621 g/mol. The normalized spacial score (nSPS) is 20.6. The molecule has 5 atom stereocenters. The predicted octanol–water partition coefficient (Wildman–Crippen LogP) is 5.03. The Balaban J connectivity index is 1.26. The first kappa shape index (κ1) is 32.0. The number of fused-ring (bicyclic) bond motifs is 1. The number of likely N-dealkylation sites (tertiary alicyclic amines) is 1. The second-order valence-corrected chi connectivity index (χ2v) is 11.7. The number of hydrogen-bond donors (Lipinski definition) is 1. The van der Waals surface area contributed by atoms with Crippen molar-refractivity contribution in [1.82, 2.24) is 10.2 Å². The number of carbonyl (C=O) groups is 3. The lowest BCUT2D eigenvalue weighted by atomic mass is 9.85. The highest BCUT2D eigenvalue weighted by Crippen LogP contribution is 2.40. The third kappa shape index (κ3) is 8.42. The first-order valence-corrected chi connectivity index (χ1v) is 15.5. The molecule has 11 nitrogen and oxygen atoms in total.